The third-order valence-corrected chi connectivity index (χ3v) is 8.23. The number of aryl methyl sites for hydroxylation is 3. The van der Waals surface area contributed by atoms with Crippen LogP contribution >= 0.6 is 23.1 Å². The molecular weight excluding hydrogens is 478 g/mol. The van der Waals surface area contributed by atoms with Crippen LogP contribution in [-0.2, 0) is 24.2 Å². The molecule has 0 spiro atoms. The number of anilines is 1. The highest BCUT2D eigenvalue weighted by Crippen LogP contribution is 2.37. The van der Waals surface area contributed by atoms with E-state index in [2.05, 4.69) is 27.6 Å². The van der Waals surface area contributed by atoms with Gasteiger partial charge in [-0.3, -0.25) is 4.79 Å². The lowest BCUT2D eigenvalue weighted by Gasteiger charge is -2.16. The number of carbonyl (C=O) groups excluding carboxylic acids is 1. The third kappa shape index (κ3) is 5.88. The number of ether oxygens (including phenoxy) is 1. The van der Waals surface area contributed by atoms with Gasteiger partial charge >= 0.3 is 0 Å². The maximum absolute atomic E-state index is 12.8. The highest BCUT2D eigenvalue weighted by atomic mass is 32.2. The first-order chi connectivity index (χ1) is 16.9. The lowest BCUT2D eigenvalue weighted by Crippen LogP contribution is -2.15. The Kier molecular flexibility index (Phi) is 8.14. The van der Waals surface area contributed by atoms with Gasteiger partial charge in [-0.25, -0.2) is 0 Å². The molecule has 1 atom stereocenters. The third-order valence-electron chi connectivity index (χ3n) is 6.05. The van der Waals surface area contributed by atoms with E-state index in [-0.39, 0.29) is 17.8 Å². The molecule has 9 heteroatoms. The van der Waals surface area contributed by atoms with Crippen molar-refractivity contribution < 1.29 is 9.53 Å². The van der Waals surface area contributed by atoms with Gasteiger partial charge in [-0.2, -0.15) is 5.26 Å². The predicted molar refractivity (Wildman–Crippen MR) is 140 cm³/mol. The van der Waals surface area contributed by atoms with Gasteiger partial charge in [0.15, 0.2) is 17.1 Å². The first kappa shape index (κ1) is 25.3. The zero-order chi connectivity index (χ0) is 24.9. The summed E-state index contributed by atoms with van der Waals surface area (Å²) in [5, 5.41) is 22.7. The SMILES string of the molecule is CCn1c(SCC(=O)Nc2sc3c(c2C#N)CCCCC3)nnc1C(C)Oc1cc(C)cc(C)c1. The number of carbonyl (C=O) groups is 1. The molecule has 35 heavy (non-hydrogen) atoms. The first-order valence-corrected chi connectivity index (χ1v) is 13.8. The summed E-state index contributed by atoms with van der Waals surface area (Å²) in [5.74, 6) is 1.58. The van der Waals surface area contributed by atoms with Gasteiger partial charge in [0.1, 0.15) is 16.8 Å². The van der Waals surface area contributed by atoms with Crippen molar-refractivity contribution in [3.8, 4) is 11.8 Å². The Balaban J connectivity index is 1.41. The van der Waals surface area contributed by atoms with E-state index in [1.54, 1.807) is 11.3 Å². The maximum atomic E-state index is 12.8. The van der Waals surface area contributed by atoms with E-state index in [4.69, 9.17) is 4.74 Å². The summed E-state index contributed by atoms with van der Waals surface area (Å²) in [7, 11) is 0. The number of nitrogens with zero attached hydrogens (tertiary/aromatic N) is 4. The number of amides is 1. The fourth-order valence-corrected chi connectivity index (χ4v) is 6.57. The fourth-order valence-electron chi connectivity index (χ4n) is 4.50. The second kappa shape index (κ2) is 11.3. The minimum atomic E-state index is -0.286. The van der Waals surface area contributed by atoms with E-state index in [0.717, 1.165) is 53.9 Å². The van der Waals surface area contributed by atoms with E-state index in [9.17, 15) is 10.1 Å². The molecule has 2 heterocycles. The molecule has 184 valence electrons. The van der Waals surface area contributed by atoms with Crippen LogP contribution in [0.5, 0.6) is 5.75 Å². The average molecular weight is 510 g/mol. The van der Waals surface area contributed by atoms with Crippen molar-refractivity contribution >= 4 is 34.0 Å². The summed E-state index contributed by atoms with van der Waals surface area (Å²) in [4.78, 5) is 14.0. The van der Waals surface area contributed by atoms with Crippen LogP contribution in [0.1, 0.15) is 72.2 Å². The molecule has 0 bridgehead atoms. The van der Waals surface area contributed by atoms with Crippen molar-refractivity contribution in [1.82, 2.24) is 14.8 Å². The van der Waals surface area contributed by atoms with Gasteiger partial charge in [0.25, 0.3) is 0 Å². The van der Waals surface area contributed by atoms with Crippen LogP contribution in [0.25, 0.3) is 0 Å². The quantitative estimate of drug-likeness (QED) is 0.296. The summed E-state index contributed by atoms with van der Waals surface area (Å²) in [5.41, 5.74) is 4.06. The van der Waals surface area contributed by atoms with E-state index >= 15 is 0 Å². The van der Waals surface area contributed by atoms with Crippen molar-refractivity contribution in [1.29, 1.82) is 5.26 Å². The monoisotopic (exact) mass is 509 g/mol. The van der Waals surface area contributed by atoms with E-state index in [1.807, 2.05) is 44.4 Å². The van der Waals surface area contributed by atoms with Crippen LogP contribution in [-0.4, -0.2) is 26.4 Å². The molecule has 4 rings (SSSR count). The molecule has 1 aromatic carbocycles. The molecule has 1 N–H and O–H groups in total. The summed E-state index contributed by atoms with van der Waals surface area (Å²) in [6.45, 7) is 8.75. The minimum Gasteiger partial charge on any atom is -0.483 e. The Morgan fingerprint density at radius 3 is 2.69 bits per heavy atom. The average Bonchev–Trinajstić information content (AvgIpc) is 3.29. The Labute approximate surface area is 214 Å². The molecule has 7 nitrogen and oxygen atoms in total. The number of hydrogen-bond acceptors (Lipinski definition) is 7. The molecule has 1 aliphatic rings. The van der Waals surface area contributed by atoms with Crippen LogP contribution < -0.4 is 10.1 Å². The largest absolute Gasteiger partial charge is 0.483 e. The highest BCUT2D eigenvalue weighted by Gasteiger charge is 2.22. The van der Waals surface area contributed by atoms with Crippen molar-refractivity contribution in [3.63, 3.8) is 0 Å². The number of nitriles is 1. The van der Waals surface area contributed by atoms with Crippen LogP contribution in [0.2, 0.25) is 0 Å². The van der Waals surface area contributed by atoms with Gasteiger partial charge < -0.3 is 14.6 Å². The minimum absolute atomic E-state index is 0.144. The standard InChI is InChI=1S/C26H31N5O2S2/c1-5-31-24(18(4)33-19-12-16(2)11-17(3)13-19)29-30-26(31)34-15-23(32)28-25-21(14-27)20-9-7-6-8-10-22(20)35-25/h11-13,18H,5-10,15H2,1-4H3,(H,28,32). The lowest BCUT2D eigenvalue weighted by atomic mass is 10.1. The summed E-state index contributed by atoms with van der Waals surface area (Å²) in [6.07, 6.45) is 5.06. The van der Waals surface area contributed by atoms with Gasteiger partial charge in [0.2, 0.25) is 5.91 Å². The van der Waals surface area contributed by atoms with Crippen molar-refractivity contribution in [2.45, 2.75) is 77.6 Å². The summed E-state index contributed by atoms with van der Waals surface area (Å²) >= 11 is 2.90. The molecule has 0 fully saturated rings. The molecular formula is C26H31N5O2S2. The Bertz CT molecular complexity index is 1240. The van der Waals surface area contributed by atoms with Crippen molar-refractivity contribution in [2.24, 2.45) is 0 Å². The molecule has 1 amide bonds. The molecule has 3 aromatic rings. The Hall–Kier alpha value is -2.83. The van der Waals surface area contributed by atoms with Crippen molar-refractivity contribution in [2.75, 3.05) is 11.1 Å². The van der Waals surface area contributed by atoms with Crippen molar-refractivity contribution in [3.05, 3.63) is 51.2 Å². The summed E-state index contributed by atoms with van der Waals surface area (Å²) in [6, 6.07) is 8.45. The smallest absolute Gasteiger partial charge is 0.235 e. The molecule has 0 saturated carbocycles. The van der Waals surface area contributed by atoms with Crippen LogP contribution in [0.4, 0.5) is 5.00 Å². The topological polar surface area (TPSA) is 92.8 Å². The number of nitrogens with one attached hydrogen (secondary N) is 1. The zero-order valence-electron chi connectivity index (χ0n) is 20.7. The molecule has 0 radical (unpaired) electrons. The van der Waals surface area contributed by atoms with Gasteiger partial charge in [-0.15, -0.1) is 21.5 Å². The lowest BCUT2D eigenvalue weighted by molar-refractivity contribution is -0.113. The van der Waals surface area contributed by atoms with E-state index in [1.165, 1.54) is 23.1 Å². The summed E-state index contributed by atoms with van der Waals surface area (Å²) < 4.78 is 8.14. The molecule has 1 unspecified atom stereocenters. The highest BCUT2D eigenvalue weighted by molar-refractivity contribution is 7.99. The molecule has 0 saturated heterocycles. The zero-order valence-corrected chi connectivity index (χ0v) is 22.3. The molecule has 0 aliphatic heterocycles. The van der Waals surface area contributed by atoms with Crippen LogP contribution in [0, 0.1) is 25.2 Å². The van der Waals surface area contributed by atoms with E-state index in [0.29, 0.717) is 22.3 Å². The second-order valence-electron chi connectivity index (χ2n) is 8.89. The Morgan fingerprint density at radius 2 is 1.97 bits per heavy atom. The molecule has 1 aliphatic carbocycles. The number of aromatic nitrogens is 3. The number of fused-ring (bicyclic) bond motifs is 1. The fraction of sp³-hybridized carbons (Fsp3) is 0.462. The normalized spacial score (nSPS) is 14.0. The Morgan fingerprint density at radius 1 is 1.23 bits per heavy atom. The second-order valence-corrected chi connectivity index (χ2v) is 10.9. The van der Waals surface area contributed by atoms with Crippen LogP contribution in [0.3, 0.4) is 0 Å². The molecule has 2 aromatic heterocycles. The predicted octanol–water partition coefficient (Wildman–Crippen LogP) is 5.99. The number of hydrogen-bond donors (Lipinski definition) is 1. The number of rotatable bonds is 8. The van der Waals surface area contributed by atoms with Gasteiger partial charge in [0, 0.05) is 11.4 Å². The van der Waals surface area contributed by atoms with E-state index < -0.39 is 0 Å². The van der Waals surface area contributed by atoms with Gasteiger partial charge in [0.05, 0.1) is 11.3 Å². The first-order valence-electron chi connectivity index (χ1n) is 12.0. The number of benzene rings is 1. The van der Waals surface area contributed by atoms with Gasteiger partial charge in [-0.05, 0) is 82.2 Å². The number of thioether (sulfide) groups is 1. The number of thiophene rings is 1. The van der Waals surface area contributed by atoms with Crippen LogP contribution in [0.15, 0.2) is 23.4 Å². The van der Waals surface area contributed by atoms with Gasteiger partial charge in [-0.1, -0.05) is 24.2 Å². The maximum Gasteiger partial charge on any atom is 0.235 e.